The van der Waals surface area contributed by atoms with Crippen molar-refractivity contribution < 1.29 is 49.7 Å². The molecule has 2 saturated heterocycles. The minimum atomic E-state index is -3.45. The van der Waals surface area contributed by atoms with Crippen molar-refractivity contribution >= 4 is 11.6 Å². The summed E-state index contributed by atoms with van der Waals surface area (Å²) in [6.45, 7) is 2.75. The van der Waals surface area contributed by atoms with Crippen molar-refractivity contribution in [2.75, 3.05) is 6.61 Å². The number of H-pyrrole nitrogens is 1. The molecule has 3 heterocycles. The first-order chi connectivity index (χ1) is 21.4. The Morgan fingerprint density at radius 2 is 1.58 bits per heavy atom. The van der Waals surface area contributed by atoms with Gasteiger partial charge in [0.1, 0.15) is 36.6 Å². The molecule has 2 aliphatic rings. The maximum Gasteiger partial charge on any atom is 0.330 e. The number of aliphatic hydroxyl groups is 6. The molecule has 0 saturated carbocycles. The van der Waals surface area contributed by atoms with Gasteiger partial charge in [-0.1, -0.05) is 66.7 Å². The summed E-state index contributed by atoms with van der Waals surface area (Å²) in [5.74, 6) is -2.37. The number of ether oxygens (including phenoxy) is 2. The first-order valence-electron chi connectivity index (χ1n) is 13.9. The molecule has 14 heteroatoms. The number of benzene rings is 2. The lowest BCUT2D eigenvalue weighted by Crippen LogP contribution is -2.76. The van der Waals surface area contributed by atoms with Gasteiger partial charge in [0.25, 0.3) is 5.56 Å². The van der Waals surface area contributed by atoms with Gasteiger partial charge in [0, 0.05) is 29.8 Å². The number of hydrogen-bond acceptors (Lipinski definition) is 12. The summed E-state index contributed by atoms with van der Waals surface area (Å²) in [7, 11) is 0. The lowest BCUT2D eigenvalue weighted by molar-refractivity contribution is -0.261. The summed E-state index contributed by atoms with van der Waals surface area (Å²) in [5.41, 5.74) is -12.0. The van der Waals surface area contributed by atoms with Gasteiger partial charge in [0.15, 0.2) is 22.7 Å². The Hall–Kier alpha value is -4.12. The maximum absolute atomic E-state index is 14.5. The van der Waals surface area contributed by atoms with Crippen molar-refractivity contribution in [2.24, 2.45) is 0 Å². The molecule has 0 amide bonds. The van der Waals surface area contributed by atoms with E-state index in [4.69, 9.17) is 9.47 Å². The largest absolute Gasteiger partial charge is 0.394 e. The molecule has 2 fully saturated rings. The topological polar surface area (TPSA) is 229 Å². The number of aliphatic hydroxyl groups excluding tert-OH is 4. The Labute approximate surface area is 255 Å². The van der Waals surface area contributed by atoms with Crippen molar-refractivity contribution in [2.45, 2.75) is 60.0 Å². The van der Waals surface area contributed by atoms with E-state index in [2.05, 4.69) is 6.58 Å². The van der Waals surface area contributed by atoms with Gasteiger partial charge in [-0.25, -0.2) is 4.79 Å². The van der Waals surface area contributed by atoms with Crippen LogP contribution in [-0.4, -0.2) is 106 Å². The summed E-state index contributed by atoms with van der Waals surface area (Å²) >= 11 is 0. The molecule has 2 unspecified atom stereocenters. The lowest BCUT2D eigenvalue weighted by atomic mass is 9.65. The molecule has 2 aromatic carbocycles. The van der Waals surface area contributed by atoms with Crippen LogP contribution < -0.4 is 11.2 Å². The number of carbonyl (C=O) groups excluding carboxylic acids is 2. The van der Waals surface area contributed by atoms with Crippen LogP contribution in [0.25, 0.3) is 0 Å². The van der Waals surface area contributed by atoms with E-state index in [0.29, 0.717) is 4.57 Å². The number of aromatic nitrogens is 2. The Morgan fingerprint density at radius 3 is 2.11 bits per heavy atom. The van der Waals surface area contributed by atoms with E-state index in [1.54, 1.807) is 12.1 Å². The molecule has 3 aromatic rings. The molecule has 7 N–H and O–H groups in total. The molecule has 2 aliphatic heterocycles. The Balaban J connectivity index is 1.87. The number of aromatic amines is 1. The second kappa shape index (κ2) is 12.0. The number of hydrogen-bond donors (Lipinski definition) is 7. The average Bonchev–Trinajstić information content (AvgIpc) is 3.45. The Bertz CT molecular complexity index is 1690. The van der Waals surface area contributed by atoms with E-state index in [9.17, 15) is 49.8 Å². The highest BCUT2D eigenvalue weighted by Crippen LogP contribution is 2.57. The van der Waals surface area contributed by atoms with Crippen LogP contribution in [0.2, 0.25) is 0 Å². The van der Waals surface area contributed by atoms with Crippen LogP contribution in [0.5, 0.6) is 0 Å². The van der Waals surface area contributed by atoms with Gasteiger partial charge in [-0.15, -0.1) is 6.58 Å². The van der Waals surface area contributed by atoms with Crippen molar-refractivity contribution in [3.63, 3.8) is 0 Å². The number of rotatable bonds is 10. The predicted molar refractivity (Wildman–Crippen MR) is 154 cm³/mol. The van der Waals surface area contributed by atoms with E-state index in [0.717, 1.165) is 18.3 Å². The molecule has 5 rings (SSSR count). The third-order valence-corrected chi connectivity index (χ3v) is 8.49. The molecule has 45 heavy (non-hydrogen) atoms. The Kier molecular flexibility index (Phi) is 8.61. The second-order valence-corrected chi connectivity index (χ2v) is 11.0. The van der Waals surface area contributed by atoms with Gasteiger partial charge in [0.2, 0.25) is 5.78 Å². The monoisotopic (exact) mass is 624 g/mol. The third kappa shape index (κ3) is 4.74. The molecule has 14 nitrogen and oxygen atoms in total. The normalized spacial score (nSPS) is 33.5. The molecular weight excluding hydrogens is 592 g/mol. The average molecular weight is 625 g/mol. The highest BCUT2D eigenvalue weighted by atomic mass is 16.6. The van der Waals surface area contributed by atoms with Gasteiger partial charge < -0.3 is 40.1 Å². The number of nitrogens with one attached hydrogen (secondary N) is 1. The van der Waals surface area contributed by atoms with Gasteiger partial charge in [-0.2, -0.15) is 0 Å². The highest BCUT2D eigenvalue weighted by Gasteiger charge is 2.82. The van der Waals surface area contributed by atoms with E-state index in [-0.39, 0.29) is 11.1 Å². The molecule has 0 bridgehead atoms. The summed E-state index contributed by atoms with van der Waals surface area (Å²) in [6.07, 6.45) is -11.3. The molecular formula is C31H32N2O12. The zero-order chi connectivity index (χ0) is 32.7. The van der Waals surface area contributed by atoms with Crippen LogP contribution in [0, 0.1) is 0 Å². The van der Waals surface area contributed by atoms with Crippen molar-refractivity contribution in [1.82, 2.24) is 9.55 Å². The zero-order valence-electron chi connectivity index (χ0n) is 23.7. The SMILES string of the molecule is C=CC[C@@]1(n2ccc(=O)[nH]c2=O)O[C@H](C(O)C(=O)c2ccccc2)[C@](O)(C(=O)c2ccccc2)[C@]1(O)C1O[C@H](CO)[C@@H](O)[C@@H]1O. The summed E-state index contributed by atoms with van der Waals surface area (Å²) in [6, 6.07) is 15.1. The van der Waals surface area contributed by atoms with E-state index < -0.39 is 89.4 Å². The summed E-state index contributed by atoms with van der Waals surface area (Å²) < 4.78 is 12.5. The predicted octanol–water partition coefficient (Wildman–Crippen LogP) is -1.77. The minimum absolute atomic E-state index is 0.0676. The van der Waals surface area contributed by atoms with Crippen LogP contribution >= 0.6 is 0 Å². The second-order valence-electron chi connectivity index (χ2n) is 11.0. The molecule has 0 spiro atoms. The minimum Gasteiger partial charge on any atom is -0.394 e. The fraction of sp³-hybridized carbons (Fsp3) is 0.355. The first kappa shape index (κ1) is 32.3. The van der Waals surface area contributed by atoms with Gasteiger partial charge in [-0.05, 0) is 0 Å². The van der Waals surface area contributed by atoms with E-state index in [1.807, 2.05) is 4.98 Å². The van der Waals surface area contributed by atoms with Crippen molar-refractivity contribution in [3.8, 4) is 0 Å². The first-order valence-corrected chi connectivity index (χ1v) is 13.9. The standard InChI is InChI=1S/C31H32N2O12/c1-2-14-29(33-15-13-20(35)32-28(33)41)31(43,27-24(39)22(37)19(16-34)44-27)30(42,25(40)18-11-7-4-8-12-18)26(45-29)23(38)21(36)17-9-5-3-6-10-17/h2-13,15,19,22-24,26-27,34,37-39,42-43H,1,14,16H2,(H,32,35,41)/t19-,22-,23?,24+,26-,27?,29-,30-,31+/m1/s1. The third-order valence-electron chi connectivity index (χ3n) is 8.49. The highest BCUT2D eigenvalue weighted by molar-refractivity contribution is 6.06. The fourth-order valence-electron chi connectivity index (χ4n) is 6.34. The van der Waals surface area contributed by atoms with Crippen LogP contribution in [0.4, 0.5) is 0 Å². The molecule has 0 aliphatic carbocycles. The molecule has 1 aromatic heterocycles. The smallest absolute Gasteiger partial charge is 0.330 e. The molecule has 0 radical (unpaired) electrons. The van der Waals surface area contributed by atoms with E-state index in [1.165, 1.54) is 48.5 Å². The summed E-state index contributed by atoms with van der Waals surface area (Å²) in [4.78, 5) is 55.5. The van der Waals surface area contributed by atoms with Gasteiger partial charge >= 0.3 is 5.69 Å². The number of carbonyl (C=O) groups is 2. The molecule has 238 valence electrons. The van der Waals surface area contributed by atoms with E-state index >= 15 is 0 Å². The zero-order valence-corrected chi connectivity index (χ0v) is 23.7. The van der Waals surface area contributed by atoms with Crippen LogP contribution in [0.15, 0.2) is 95.2 Å². The number of ketones is 2. The molecule has 9 atom stereocenters. The lowest BCUT2D eigenvalue weighted by Gasteiger charge is -2.49. The van der Waals surface area contributed by atoms with Crippen LogP contribution in [-0.2, 0) is 15.2 Å². The maximum atomic E-state index is 14.5. The summed E-state index contributed by atoms with van der Waals surface area (Å²) in [5, 5.41) is 69.1. The van der Waals surface area contributed by atoms with Gasteiger partial charge in [-0.3, -0.25) is 23.9 Å². The van der Waals surface area contributed by atoms with Crippen molar-refractivity contribution in [1.29, 1.82) is 0 Å². The van der Waals surface area contributed by atoms with Gasteiger partial charge in [0.05, 0.1) is 6.61 Å². The number of Topliss-reactive ketones (excluding diaryl/α,β-unsaturated/α-hetero) is 2. The van der Waals surface area contributed by atoms with Crippen LogP contribution in [0.3, 0.4) is 0 Å². The number of nitrogens with zero attached hydrogens (tertiary/aromatic N) is 1. The fourth-order valence-corrected chi connectivity index (χ4v) is 6.34. The quantitative estimate of drug-likeness (QED) is 0.0983. The Morgan fingerprint density at radius 1 is 0.978 bits per heavy atom. The van der Waals surface area contributed by atoms with Crippen LogP contribution in [0.1, 0.15) is 27.1 Å². The van der Waals surface area contributed by atoms with Crippen molar-refractivity contribution in [3.05, 3.63) is 118 Å².